The van der Waals surface area contributed by atoms with E-state index < -0.39 is 0 Å². The Labute approximate surface area is 118 Å². The molecule has 1 aromatic rings. The summed E-state index contributed by atoms with van der Waals surface area (Å²) >= 11 is 1.78. The van der Waals surface area contributed by atoms with Crippen LogP contribution >= 0.6 is 11.3 Å². The fraction of sp³-hybridized carbons (Fsp3) is 0.643. The van der Waals surface area contributed by atoms with Crippen LogP contribution < -0.4 is 11.1 Å². The Morgan fingerprint density at radius 1 is 1.58 bits per heavy atom. The van der Waals surface area contributed by atoms with Crippen molar-refractivity contribution in [3.8, 4) is 0 Å². The first-order valence-electron chi connectivity index (χ1n) is 6.79. The third kappa shape index (κ3) is 4.03. The minimum absolute atomic E-state index is 0.00303. The third-order valence-corrected chi connectivity index (χ3v) is 4.38. The lowest BCUT2D eigenvalue weighted by Gasteiger charge is -2.17. The molecule has 2 heterocycles. The van der Waals surface area contributed by atoms with Gasteiger partial charge in [0, 0.05) is 28.8 Å². The van der Waals surface area contributed by atoms with Gasteiger partial charge in [0.1, 0.15) is 6.10 Å². The highest BCUT2D eigenvalue weighted by atomic mass is 32.1. The van der Waals surface area contributed by atoms with Gasteiger partial charge in [0.05, 0.1) is 6.10 Å². The first-order chi connectivity index (χ1) is 9.08. The molecule has 1 amide bonds. The molecule has 1 saturated heterocycles. The molecule has 1 fully saturated rings. The Balaban J connectivity index is 1.79. The lowest BCUT2D eigenvalue weighted by molar-refractivity contribution is -0.132. The number of ether oxygens (including phenoxy) is 1. The van der Waals surface area contributed by atoms with E-state index in [0.717, 1.165) is 19.3 Å². The maximum absolute atomic E-state index is 12.0. The van der Waals surface area contributed by atoms with Crippen LogP contribution in [0.4, 0.5) is 0 Å². The van der Waals surface area contributed by atoms with Crippen LogP contribution in [0.5, 0.6) is 0 Å². The van der Waals surface area contributed by atoms with Crippen molar-refractivity contribution >= 4 is 17.2 Å². The molecule has 3 N–H and O–H groups in total. The number of rotatable bonds is 5. The largest absolute Gasteiger partial charge is 0.364 e. The maximum atomic E-state index is 12.0. The first-order valence-corrected chi connectivity index (χ1v) is 7.61. The molecule has 2 rings (SSSR count). The normalized spacial score (nSPS) is 24.4. The predicted octanol–water partition coefficient (Wildman–Crippen LogP) is 1.61. The van der Waals surface area contributed by atoms with E-state index in [4.69, 9.17) is 10.5 Å². The van der Waals surface area contributed by atoms with Gasteiger partial charge in [0.15, 0.2) is 0 Å². The van der Waals surface area contributed by atoms with Crippen LogP contribution in [0.1, 0.15) is 29.5 Å². The summed E-state index contributed by atoms with van der Waals surface area (Å²) in [4.78, 5) is 14.6. The number of nitrogens with two attached hydrogens (primary N) is 1. The highest BCUT2D eigenvalue weighted by molar-refractivity contribution is 7.11. The van der Waals surface area contributed by atoms with Gasteiger partial charge in [-0.05, 0) is 38.8 Å². The molecule has 19 heavy (non-hydrogen) atoms. The highest BCUT2D eigenvalue weighted by Gasteiger charge is 2.30. The molecule has 3 unspecified atom stereocenters. The zero-order valence-corrected chi connectivity index (χ0v) is 12.3. The molecule has 0 radical (unpaired) electrons. The molecular weight excluding hydrogens is 260 g/mol. The molecule has 106 valence electrons. The molecule has 1 aliphatic rings. The van der Waals surface area contributed by atoms with Gasteiger partial charge in [0.25, 0.3) is 0 Å². The second-order valence-corrected chi connectivity index (χ2v) is 6.56. The summed E-state index contributed by atoms with van der Waals surface area (Å²) in [6.45, 7) is 4.62. The van der Waals surface area contributed by atoms with E-state index in [1.807, 2.05) is 6.92 Å². The number of thiophene rings is 1. The smallest absolute Gasteiger partial charge is 0.249 e. The van der Waals surface area contributed by atoms with Crippen LogP contribution in [0.25, 0.3) is 0 Å². The summed E-state index contributed by atoms with van der Waals surface area (Å²) < 4.78 is 5.59. The summed E-state index contributed by atoms with van der Waals surface area (Å²) in [5.74, 6) is -0.00303. The van der Waals surface area contributed by atoms with Crippen molar-refractivity contribution < 1.29 is 9.53 Å². The topological polar surface area (TPSA) is 64.4 Å². The SMILES string of the molecule is Cc1ccc(CC(C)NC(=O)C2CCC(CN)O2)s1. The van der Waals surface area contributed by atoms with E-state index in [1.54, 1.807) is 11.3 Å². The van der Waals surface area contributed by atoms with E-state index in [1.165, 1.54) is 9.75 Å². The predicted molar refractivity (Wildman–Crippen MR) is 77.3 cm³/mol. The average Bonchev–Trinajstić information content (AvgIpc) is 2.98. The molecule has 1 aromatic heterocycles. The Hall–Kier alpha value is -0.910. The molecule has 5 heteroatoms. The molecule has 0 spiro atoms. The van der Waals surface area contributed by atoms with E-state index in [9.17, 15) is 4.79 Å². The van der Waals surface area contributed by atoms with Gasteiger partial charge in [0.2, 0.25) is 5.91 Å². The molecule has 1 aliphatic heterocycles. The van der Waals surface area contributed by atoms with E-state index >= 15 is 0 Å². The Bertz CT molecular complexity index is 433. The average molecular weight is 282 g/mol. The third-order valence-electron chi connectivity index (χ3n) is 3.35. The highest BCUT2D eigenvalue weighted by Crippen LogP contribution is 2.20. The summed E-state index contributed by atoms with van der Waals surface area (Å²) in [6.07, 6.45) is 2.26. The van der Waals surface area contributed by atoms with Crippen molar-refractivity contribution in [1.82, 2.24) is 5.32 Å². The van der Waals surface area contributed by atoms with Crippen LogP contribution in [0.3, 0.4) is 0 Å². The molecule has 0 aliphatic carbocycles. The standard InChI is InChI=1S/C14H22N2O2S/c1-9(7-12-5-3-10(2)19-12)16-14(17)13-6-4-11(8-15)18-13/h3,5,9,11,13H,4,6-8,15H2,1-2H3,(H,16,17). The summed E-state index contributed by atoms with van der Waals surface area (Å²) in [5.41, 5.74) is 5.55. The Morgan fingerprint density at radius 2 is 2.37 bits per heavy atom. The minimum atomic E-state index is -0.318. The van der Waals surface area contributed by atoms with Gasteiger partial charge in [-0.2, -0.15) is 0 Å². The van der Waals surface area contributed by atoms with Crippen molar-refractivity contribution in [3.63, 3.8) is 0 Å². The van der Waals surface area contributed by atoms with Crippen LogP contribution in [0.2, 0.25) is 0 Å². The number of nitrogens with one attached hydrogen (secondary N) is 1. The summed E-state index contributed by atoms with van der Waals surface area (Å²) in [6, 6.07) is 4.37. The van der Waals surface area contributed by atoms with Gasteiger partial charge in [-0.3, -0.25) is 4.79 Å². The number of hydrogen-bond donors (Lipinski definition) is 2. The monoisotopic (exact) mass is 282 g/mol. The van der Waals surface area contributed by atoms with Gasteiger partial charge < -0.3 is 15.8 Å². The lowest BCUT2D eigenvalue weighted by Crippen LogP contribution is -2.41. The van der Waals surface area contributed by atoms with E-state index in [2.05, 4.69) is 24.4 Å². The number of aryl methyl sites for hydroxylation is 1. The molecule has 4 nitrogen and oxygen atoms in total. The van der Waals surface area contributed by atoms with Gasteiger partial charge in [-0.1, -0.05) is 0 Å². The Morgan fingerprint density at radius 3 is 2.95 bits per heavy atom. The van der Waals surface area contributed by atoms with E-state index in [-0.39, 0.29) is 24.2 Å². The summed E-state index contributed by atoms with van der Waals surface area (Å²) in [5, 5.41) is 3.03. The van der Waals surface area contributed by atoms with Crippen LogP contribution in [0, 0.1) is 6.92 Å². The van der Waals surface area contributed by atoms with Crippen molar-refractivity contribution in [2.24, 2.45) is 5.73 Å². The van der Waals surface area contributed by atoms with Gasteiger partial charge in [-0.25, -0.2) is 0 Å². The minimum Gasteiger partial charge on any atom is -0.364 e. The van der Waals surface area contributed by atoms with Crippen LogP contribution in [-0.4, -0.2) is 30.7 Å². The van der Waals surface area contributed by atoms with Crippen molar-refractivity contribution in [3.05, 3.63) is 21.9 Å². The maximum Gasteiger partial charge on any atom is 0.249 e. The number of carbonyl (C=O) groups excluding carboxylic acids is 1. The number of hydrogen-bond acceptors (Lipinski definition) is 4. The van der Waals surface area contributed by atoms with Crippen molar-refractivity contribution in [1.29, 1.82) is 0 Å². The second-order valence-electron chi connectivity index (χ2n) is 5.19. The summed E-state index contributed by atoms with van der Waals surface area (Å²) in [7, 11) is 0. The first kappa shape index (κ1) is 14.5. The fourth-order valence-corrected chi connectivity index (χ4v) is 3.37. The van der Waals surface area contributed by atoms with Gasteiger partial charge >= 0.3 is 0 Å². The molecule has 3 atom stereocenters. The van der Waals surface area contributed by atoms with Crippen molar-refractivity contribution in [2.75, 3.05) is 6.54 Å². The number of amides is 1. The number of carbonyl (C=O) groups is 1. The van der Waals surface area contributed by atoms with Crippen molar-refractivity contribution in [2.45, 2.75) is 51.4 Å². The molecular formula is C14H22N2O2S. The second kappa shape index (κ2) is 6.50. The van der Waals surface area contributed by atoms with Crippen LogP contribution in [0.15, 0.2) is 12.1 Å². The fourth-order valence-electron chi connectivity index (χ4n) is 2.36. The quantitative estimate of drug-likeness (QED) is 0.862. The lowest BCUT2D eigenvalue weighted by atomic mass is 10.1. The molecule has 0 saturated carbocycles. The Kier molecular flexibility index (Phi) is 4.96. The van der Waals surface area contributed by atoms with Crippen LogP contribution in [-0.2, 0) is 16.0 Å². The van der Waals surface area contributed by atoms with E-state index in [0.29, 0.717) is 6.54 Å². The zero-order valence-electron chi connectivity index (χ0n) is 11.5. The molecule has 0 aromatic carbocycles. The zero-order chi connectivity index (χ0) is 13.8. The molecule has 0 bridgehead atoms. The van der Waals surface area contributed by atoms with Gasteiger partial charge in [-0.15, -0.1) is 11.3 Å².